The molecule has 0 fully saturated rings. The van der Waals surface area contributed by atoms with Crippen LogP contribution in [0, 0.1) is 0 Å². The first-order valence-corrected chi connectivity index (χ1v) is 11.2. The molecule has 0 bridgehead atoms. The Hall–Kier alpha value is -0.0100. The van der Waals surface area contributed by atoms with Crippen LogP contribution in [-0.4, -0.2) is 67.3 Å². The molecule has 26 heavy (non-hydrogen) atoms. The topological polar surface area (TPSA) is 99.1 Å². The Bertz CT molecular complexity index is 403. The molecule has 0 amide bonds. The van der Waals surface area contributed by atoms with Crippen LogP contribution in [0.3, 0.4) is 0 Å². The number of hydrogen-bond donors (Lipinski definition) is 2. The third-order valence-electron chi connectivity index (χ3n) is 4.49. The molecule has 0 aliphatic heterocycles. The van der Waals surface area contributed by atoms with E-state index < -0.39 is 26.1 Å². The van der Waals surface area contributed by atoms with Crippen LogP contribution in [0.15, 0.2) is 0 Å². The number of likely N-dealkylation sites (N-methyl/N-ethyl adjacent to an activating group) is 1. The fourth-order valence-electron chi connectivity index (χ4n) is 2.80. The quantitative estimate of drug-likeness (QED) is 0.236. The molecule has 0 saturated heterocycles. The molecule has 0 aliphatic carbocycles. The second-order valence-corrected chi connectivity index (χ2v) is 9.40. The highest BCUT2D eigenvalue weighted by atomic mass is 31.2. The zero-order chi connectivity index (χ0) is 20.3. The monoisotopic (exact) mass is 397 g/mol. The standard InChI is InChI=1S/C18H40NO6P/c1-6-8-10-12-18(17(21)16-20,13-11-9-7-2)25-26(22,23)24-15-14-19(3,4)5/h17,20-21H,6-16H2,1-5H3/t17-/m0/s1. The minimum Gasteiger partial charge on any atom is -0.756 e. The summed E-state index contributed by atoms with van der Waals surface area (Å²) in [5, 5.41) is 19.9. The van der Waals surface area contributed by atoms with Gasteiger partial charge >= 0.3 is 0 Å². The number of hydrogen-bond acceptors (Lipinski definition) is 6. The molecule has 2 atom stereocenters. The van der Waals surface area contributed by atoms with Crippen molar-refractivity contribution in [3.8, 4) is 0 Å². The Morgan fingerprint density at radius 3 is 1.96 bits per heavy atom. The van der Waals surface area contributed by atoms with E-state index in [0.29, 0.717) is 23.9 Å². The number of phosphoric acid groups is 1. The summed E-state index contributed by atoms with van der Waals surface area (Å²) in [5.41, 5.74) is -1.33. The zero-order valence-electron chi connectivity index (χ0n) is 17.3. The van der Waals surface area contributed by atoms with Gasteiger partial charge in [0.1, 0.15) is 24.9 Å². The van der Waals surface area contributed by atoms with Crippen LogP contribution in [0.25, 0.3) is 0 Å². The van der Waals surface area contributed by atoms with E-state index in [0.717, 1.165) is 38.5 Å². The van der Waals surface area contributed by atoms with Gasteiger partial charge in [0.05, 0.1) is 27.7 Å². The maximum Gasteiger partial charge on any atom is 0.268 e. The summed E-state index contributed by atoms with van der Waals surface area (Å²) in [6.07, 6.45) is 4.67. The van der Waals surface area contributed by atoms with Crippen molar-refractivity contribution in [2.75, 3.05) is 40.9 Å². The summed E-state index contributed by atoms with van der Waals surface area (Å²) in [6.45, 7) is 4.08. The number of unbranched alkanes of at least 4 members (excludes halogenated alkanes) is 4. The van der Waals surface area contributed by atoms with Crippen molar-refractivity contribution in [3.63, 3.8) is 0 Å². The Balaban J connectivity index is 5.20. The number of aliphatic hydroxyl groups is 2. The number of nitrogens with zero attached hydrogens (tertiary/aromatic N) is 1. The summed E-state index contributed by atoms with van der Waals surface area (Å²) < 4.78 is 23.5. The lowest BCUT2D eigenvalue weighted by Crippen LogP contribution is -2.47. The first-order chi connectivity index (χ1) is 12.0. The molecule has 0 radical (unpaired) electrons. The van der Waals surface area contributed by atoms with Gasteiger partial charge in [-0.3, -0.25) is 4.57 Å². The minimum atomic E-state index is -4.60. The average Bonchev–Trinajstić information content (AvgIpc) is 2.52. The summed E-state index contributed by atoms with van der Waals surface area (Å²) in [5.74, 6) is 0. The van der Waals surface area contributed by atoms with E-state index in [4.69, 9.17) is 9.05 Å². The molecule has 0 aromatic heterocycles. The molecule has 1 unspecified atom stereocenters. The molecule has 0 aliphatic rings. The maximum absolute atomic E-state index is 12.4. The average molecular weight is 397 g/mol. The molecule has 0 aromatic rings. The van der Waals surface area contributed by atoms with Crippen molar-refractivity contribution in [1.29, 1.82) is 0 Å². The lowest BCUT2D eigenvalue weighted by atomic mass is 9.85. The van der Waals surface area contributed by atoms with Gasteiger partial charge in [-0.05, 0) is 12.8 Å². The molecule has 2 N–H and O–H groups in total. The van der Waals surface area contributed by atoms with Crippen molar-refractivity contribution in [1.82, 2.24) is 0 Å². The lowest BCUT2D eigenvalue weighted by molar-refractivity contribution is -0.870. The van der Waals surface area contributed by atoms with E-state index in [-0.39, 0.29) is 6.61 Å². The van der Waals surface area contributed by atoms with E-state index in [1.54, 1.807) is 0 Å². The largest absolute Gasteiger partial charge is 0.756 e. The minimum absolute atomic E-state index is 0.0134. The van der Waals surface area contributed by atoms with Crippen molar-refractivity contribution >= 4 is 7.82 Å². The summed E-state index contributed by atoms with van der Waals surface area (Å²) >= 11 is 0. The SMILES string of the molecule is CCCCCC(CCCCC)(OP(=O)([O-])OCC[N+](C)(C)C)[C@@H](O)CO. The summed E-state index contributed by atoms with van der Waals surface area (Å²) in [4.78, 5) is 12.4. The van der Waals surface area contributed by atoms with Gasteiger partial charge in [-0.2, -0.15) is 0 Å². The van der Waals surface area contributed by atoms with Crippen LogP contribution in [-0.2, 0) is 13.6 Å². The number of aliphatic hydroxyl groups excluding tert-OH is 2. The second kappa shape index (κ2) is 12.4. The highest BCUT2D eigenvalue weighted by molar-refractivity contribution is 7.45. The molecular weight excluding hydrogens is 357 g/mol. The zero-order valence-corrected chi connectivity index (χ0v) is 18.2. The molecule has 0 aromatic carbocycles. The first kappa shape index (κ1) is 26.0. The van der Waals surface area contributed by atoms with Gasteiger partial charge in [0, 0.05) is 0 Å². The molecule has 8 heteroatoms. The van der Waals surface area contributed by atoms with Gasteiger partial charge < -0.3 is 28.6 Å². The molecular formula is C18H40NO6P. The van der Waals surface area contributed by atoms with Gasteiger partial charge in [0.25, 0.3) is 7.82 Å². The van der Waals surface area contributed by atoms with Gasteiger partial charge in [0.2, 0.25) is 0 Å². The van der Waals surface area contributed by atoms with Crippen LogP contribution in [0.4, 0.5) is 0 Å². The van der Waals surface area contributed by atoms with Crippen molar-refractivity contribution in [3.05, 3.63) is 0 Å². The lowest BCUT2D eigenvalue weighted by Gasteiger charge is -2.41. The number of rotatable bonds is 16. The van der Waals surface area contributed by atoms with E-state index >= 15 is 0 Å². The van der Waals surface area contributed by atoms with E-state index in [1.165, 1.54) is 0 Å². The van der Waals surface area contributed by atoms with Gasteiger partial charge in [0.15, 0.2) is 0 Å². The summed E-state index contributed by atoms with van der Waals surface area (Å²) in [6, 6.07) is 0. The Morgan fingerprint density at radius 2 is 1.58 bits per heavy atom. The van der Waals surface area contributed by atoms with Crippen LogP contribution < -0.4 is 4.89 Å². The Kier molecular flexibility index (Phi) is 12.4. The highest BCUT2D eigenvalue weighted by Crippen LogP contribution is 2.47. The molecule has 0 spiro atoms. The molecule has 0 saturated carbocycles. The fourth-order valence-corrected chi connectivity index (χ4v) is 3.91. The van der Waals surface area contributed by atoms with Crippen LogP contribution in [0.1, 0.15) is 65.2 Å². The van der Waals surface area contributed by atoms with Crippen LogP contribution >= 0.6 is 7.82 Å². The van der Waals surface area contributed by atoms with E-state index in [9.17, 15) is 19.7 Å². The van der Waals surface area contributed by atoms with E-state index in [2.05, 4.69) is 13.8 Å². The predicted molar refractivity (Wildman–Crippen MR) is 102 cm³/mol. The molecule has 7 nitrogen and oxygen atoms in total. The van der Waals surface area contributed by atoms with Crippen LogP contribution in [0.2, 0.25) is 0 Å². The molecule has 0 rings (SSSR count). The predicted octanol–water partition coefficient (Wildman–Crippen LogP) is 2.45. The third kappa shape index (κ3) is 11.0. The highest BCUT2D eigenvalue weighted by Gasteiger charge is 2.41. The smallest absolute Gasteiger partial charge is 0.268 e. The summed E-state index contributed by atoms with van der Waals surface area (Å²) in [7, 11) is 1.22. The molecule has 0 heterocycles. The molecule has 158 valence electrons. The number of quaternary nitrogens is 1. The van der Waals surface area contributed by atoms with Crippen LogP contribution in [0.5, 0.6) is 0 Å². The normalized spacial score (nSPS) is 16.5. The van der Waals surface area contributed by atoms with Crippen molar-refractivity contribution in [2.24, 2.45) is 0 Å². The third-order valence-corrected chi connectivity index (χ3v) is 5.58. The fraction of sp³-hybridized carbons (Fsp3) is 1.00. The Labute approximate surface area is 159 Å². The van der Waals surface area contributed by atoms with Crippen molar-refractivity contribution in [2.45, 2.75) is 76.9 Å². The Morgan fingerprint density at radius 1 is 1.08 bits per heavy atom. The van der Waals surface area contributed by atoms with E-state index in [1.807, 2.05) is 21.1 Å². The maximum atomic E-state index is 12.4. The first-order valence-electron chi connectivity index (χ1n) is 9.77. The van der Waals surface area contributed by atoms with Gasteiger partial charge in [-0.1, -0.05) is 52.4 Å². The van der Waals surface area contributed by atoms with Gasteiger partial charge in [-0.15, -0.1) is 0 Å². The number of phosphoric ester groups is 1. The van der Waals surface area contributed by atoms with Crippen molar-refractivity contribution < 1.29 is 33.2 Å². The van der Waals surface area contributed by atoms with Gasteiger partial charge in [-0.25, -0.2) is 0 Å². The second-order valence-electron chi connectivity index (χ2n) is 8.06.